The van der Waals surface area contributed by atoms with E-state index in [1.807, 2.05) is 0 Å². The Kier molecular flexibility index (Phi) is 5.54. The van der Waals surface area contributed by atoms with Gasteiger partial charge in [0, 0.05) is 43.5 Å². The van der Waals surface area contributed by atoms with E-state index in [-0.39, 0.29) is 11.4 Å². The molecule has 3 unspecified atom stereocenters. The summed E-state index contributed by atoms with van der Waals surface area (Å²) in [7, 11) is -3.06. The minimum absolute atomic E-state index is 0.126. The summed E-state index contributed by atoms with van der Waals surface area (Å²) in [4.78, 5) is 2.12. The van der Waals surface area contributed by atoms with Crippen LogP contribution in [0.2, 0.25) is 0 Å². The molecule has 2 rings (SSSR count). The lowest BCUT2D eigenvalue weighted by Crippen LogP contribution is -2.57. The second kappa shape index (κ2) is 6.76. The van der Waals surface area contributed by atoms with E-state index in [1.165, 1.54) is 6.26 Å². The Balaban J connectivity index is 2.14. The highest BCUT2D eigenvalue weighted by Crippen LogP contribution is 2.28. The van der Waals surface area contributed by atoms with E-state index in [0.29, 0.717) is 24.8 Å². The molecule has 7 heteroatoms. The number of nitrogens with zero attached hydrogens (tertiary/aromatic N) is 1. The molecule has 3 atom stereocenters. The van der Waals surface area contributed by atoms with Crippen molar-refractivity contribution in [2.45, 2.75) is 24.3 Å². The summed E-state index contributed by atoms with van der Waals surface area (Å²) in [6.07, 6.45) is 3.47. The lowest BCUT2D eigenvalue weighted by atomic mass is 9.92. The summed E-state index contributed by atoms with van der Waals surface area (Å²) in [6, 6.07) is 0.126. The van der Waals surface area contributed by atoms with Gasteiger partial charge in [-0.3, -0.25) is 4.90 Å². The summed E-state index contributed by atoms with van der Waals surface area (Å²) in [5, 5.41) is -0.387. The van der Waals surface area contributed by atoms with Crippen LogP contribution in [0.3, 0.4) is 0 Å². The van der Waals surface area contributed by atoms with Gasteiger partial charge >= 0.3 is 0 Å². The molecule has 19 heavy (non-hydrogen) atoms. The molecule has 2 aliphatic rings. The molecule has 0 aromatic carbocycles. The van der Waals surface area contributed by atoms with Crippen molar-refractivity contribution in [3.63, 3.8) is 0 Å². The minimum Gasteiger partial charge on any atom is -0.381 e. The van der Waals surface area contributed by atoms with Crippen LogP contribution in [0.4, 0.5) is 0 Å². The smallest absolute Gasteiger partial charge is 0.164 e. The van der Waals surface area contributed by atoms with Crippen molar-refractivity contribution in [3.8, 4) is 0 Å². The van der Waals surface area contributed by atoms with Crippen molar-refractivity contribution >= 4 is 21.6 Å². The molecule has 112 valence electrons. The van der Waals surface area contributed by atoms with Gasteiger partial charge < -0.3 is 10.5 Å². The lowest BCUT2D eigenvalue weighted by Gasteiger charge is -2.43. The second-order valence-electron chi connectivity index (χ2n) is 5.38. The molecule has 0 spiro atoms. The van der Waals surface area contributed by atoms with Gasteiger partial charge in [0.05, 0.1) is 6.61 Å². The Morgan fingerprint density at radius 2 is 2.32 bits per heavy atom. The van der Waals surface area contributed by atoms with Crippen LogP contribution in [-0.2, 0) is 14.6 Å². The summed E-state index contributed by atoms with van der Waals surface area (Å²) in [6.45, 7) is 2.84. The predicted octanol–water partition coefficient (Wildman–Crippen LogP) is 0.160. The molecule has 2 fully saturated rings. The summed E-state index contributed by atoms with van der Waals surface area (Å²) >= 11 is 1.72. The van der Waals surface area contributed by atoms with E-state index in [4.69, 9.17) is 10.5 Å². The van der Waals surface area contributed by atoms with Crippen LogP contribution in [0.5, 0.6) is 0 Å². The van der Waals surface area contributed by atoms with Crippen LogP contribution >= 0.6 is 11.8 Å². The predicted molar refractivity (Wildman–Crippen MR) is 79.0 cm³/mol. The topological polar surface area (TPSA) is 72.6 Å². The highest BCUT2D eigenvalue weighted by molar-refractivity contribution is 8.00. The number of hydrogen-bond donors (Lipinski definition) is 1. The Labute approximate surface area is 120 Å². The van der Waals surface area contributed by atoms with E-state index in [1.54, 1.807) is 11.8 Å². The second-order valence-corrected chi connectivity index (χ2v) is 8.73. The highest BCUT2D eigenvalue weighted by atomic mass is 32.2. The van der Waals surface area contributed by atoms with Gasteiger partial charge in [0.25, 0.3) is 0 Å². The number of hydrogen-bond acceptors (Lipinski definition) is 6. The van der Waals surface area contributed by atoms with E-state index >= 15 is 0 Å². The Morgan fingerprint density at radius 3 is 2.89 bits per heavy atom. The Bertz CT molecular complexity index is 382. The van der Waals surface area contributed by atoms with Gasteiger partial charge in [-0.05, 0) is 18.8 Å². The number of rotatable bonds is 4. The average molecular weight is 308 g/mol. The quantitative estimate of drug-likeness (QED) is 0.797. The van der Waals surface area contributed by atoms with Crippen molar-refractivity contribution < 1.29 is 13.2 Å². The van der Waals surface area contributed by atoms with Gasteiger partial charge in [-0.1, -0.05) is 0 Å². The fourth-order valence-electron chi connectivity index (χ4n) is 3.01. The van der Waals surface area contributed by atoms with Crippen molar-refractivity contribution in [2.24, 2.45) is 11.7 Å². The molecule has 2 aliphatic heterocycles. The van der Waals surface area contributed by atoms with Crippen LogP contribution in [-0.4, -0.2) is 68.8 Å². The van der Waals surface area contributed by atoms with Gasteiger partial charge in [-0.2, -0.15) is 11.8 Å². The zero-order chi connectivity index (χ0) is 13.9. The molecule has 0 bridgehead atoms. The van der Waals surface area contributed by atoms with E-state index in [2.05, 4.69) is 4.90 Å². The highest BCUT2D eigenvalue weighted by Gasteiger charge is 2.38. The van der Waals surface area contributed by atoms with Crippen LogP contribution < -0.4 is 5.73 Å². The van der Waals surface area contributed by atoms with Gasteiger partial charge in [-0.25, -0.2) is 8.42 Å². The molecule has 0 aromatic heterocycles. The molecule has 5 nitrogen and oxygen atoms in total. The maximum absolute atomic E-state index is 12.0. The number of ether oxygens (including phenoxy) is 1. The fourth-order valence-corrected chi connectivity index (χ4v) is 5.94. The zero-order valence-electron chi connectivity index (χ0n) is 11.5. The molecule has 0 saturated carbocycles. The van der Waals surface area contributed by atoms with E-state index in [0.717, 1.165) is 31.7 Å². The van der Waals surface area contributed by atoms with Crippen LogP contribution in [0.15, 0.2) is 0 Å². The SMILES string of the molecule is CS(=O)(=O)C1CSCCN1C(CN)C1CCCOC1. The minimum atomic E-state index is -3.06. The largest absolute Gasteiger partial charge is 0.381 e. The van der Waals surface area contributed by atoms with Gasteiger partial charge in [0.15, 0.2) is 9.84 Å². The number of nitrogens with two attached hydrogens (primary N) is 1. The third-order valence-corrected chi connectivity index (χ3v) is 6.69. The molecule has 0 amide bonds. The van der Waals surface area contributed by atoms with Crippen molar-refractivity contribution in [1.82, 2.24) is 4.90 Å². The van der Waals surface area contributed by atoms with Gasteiger partial charge in [0.2, 0.25) is 0 Å². The third kappa shape index (κ3) is 3.85. The first-order valence-corrected chi connectivity index (χ1v) is 9.95. The zero-order valence-corrected chi connectivity index (χ0v) is 13.1. The first kappa shape index (κ1) is 15.6. The molecule has 0 radical (unpaired) electrons. The van der Waals surface area contributed by atoms with E-state index in [9.17, 15) is 8.42 Å². The summed E-state index contributed by atoms with van der Waals surface area (Å²) in [5.41, 5.74) is 5.94. The van der Waals surface area contributed by atoms with E-state index < -0.39 is 9.84 Å². The monoisotopic (exact) mass is 308 g/mol. The maximum atomic E-state index is 12.0. The first-order valence-electron chi connectivity index (χ1n) is 6.84. The third-order valence-electron chi connectivity index (χ3n) is 4.03. The molecule has 0 aliphatic carbocycles. The van der Waals surface area contributed by atoms with Crippen LogP contribution in [0, 0.1) is 5.92 Å². The molecule has 2 saturated heterocycles. The Morgan fingerprint density at radius 1 is 1.53 bits per heavy atom. The normalized spacial score (nSPS) is 32.1. The lowest BCUT2D eigenvalue weighted by molar-refractivity contribution is 0.0100. The number of thioether (sulfide) groups is 1. The number of sulfone groups is 1. The first-order chi connectivity index (χ1) is 9.04. The van der Waals surface area contributed by atoms with Crippen LogP contribution in [0.1, 0.15) is 12.8 Å². The van der Waals surface area contributed by atoms with Crippen LogP contribution in [0.25, 0.3) is 0 Å². The standard InChI is InChI=1S/C12H24N2O3S2/c1-19(15,16)12-9-18-6-4-14(12)11(7-13)10-3-2-5-17-8-10/h10-12H,2-9,13H2,1H3. The molecule has 0 aromatic rings. The molecular weight excluding hydrogens is 284 g/mol. The molecule has 2 N–H and O–H groups in total. The Hall–Kier alpha value is 0.180. The molecular formula is C12H24N2O3S2. The van der Waals surface area contributed by atoms with Crippen molar-refractivity contribution in [2.75, 3.05) is 44.1 Å². The van der Waals surface area contributed by atoms with Crippen molar-refractivity contribution in [3.05, 3.63) is 0 Å². The van der Waals surface area contributed by atoms with Gasteiger partial charge in [0.1, 0.15) is 5.37 Å². The fraction of sp³-hybridized carbons (Fsp3) is 1.00. The van der Waals surface area contributed by atoms with Gasteiger partial charge in [-0.15, -0.1) is 0 Å². The summed E-state index contributed by atoms with van der Waals surface area (Å²) in [5.74, 6) is 2.00. The molecule has 2 heterocycles. The summed E-state index contributed by atoms with van der Waals surface area (Å²) < 4.78 is 29.5. The maximum Gasteiger partial charge on any atom is 0.164 e. The average Bonchev–Trinajstić information content (AvgIpc) is 2.40. The van der Waals surface area contributed by atoms with Crippen molar-refractivity contribution in [1.29, 1.82) is 0 Å².